The van der Waals surface area contributed by atoms with Crippen LogP contribution in [0.3, 0.4) is 0 Å². The number of methoxy groups -OCH3 is 1. The average molecular weight is 379 g/mol. The maximum atomic E-state index is 12.3. The van der Waals surface area contributed by atoms with Gasteiger partial charge in [-0.05, 0) is 31.2 Å². The van der Waals surface area contributed by atoms with Crippen molar-refractivity contribution in [3.05, 3.63) is 57.0 Å². The number of ether oxygens (including phenoxy) is 1. The number of furan rings is 1. The van der Waals surface area contributed by atoms with Crippen molar-refractivity contribution in [3.8, 4) is 6.07 Å². The maximum Gasteiger partial charge on any atom is 0.341 e. The van der Waals surface area contributed by atoms with Gasteiger partial charge in [-0.3, -0.25) is 4.79 Å². The number of carbonyl (C=O) groups is 2. The Kier molecular flexibility index (Phi) is 5.86. The van der Waals surface area contributed by atoms with Crippen LogP contribution in [0.4, 0.5) is 5.69 Å². The van der Waals surface area contributed by atoms with Gasteiger partial charge in [-0.2, -0.15) is 5.26 Å². The number of nitriles is 1. The number of hydrogen-bond donors (Lipinski definition) is 1. The van der Waals surface area contributed by atoms with E-state index in [-0.39, 0.29) is 27.6 Å². The molecule has 0 bridgehead atoms. The number of aryl methyl sites for hydroxylation is 1. The lowest BCUT2D eigenvalue weighted by Crippen LogP contribution is -2.13. The summed E-state index contributed by atoms with van der Waals surface area (Å²) in [5, 5.41) is 12.4. The molecule has 2 rings (SSSR count). The number of halogens is 2. The highest BCUT2D eigenvalue weighted by Gasteiger charge is 2.17. The van der Waals surface area contributed by atoms with Crippen molar-refractivity contribution in [3.63, 3.8) is 0 Å². The van der Waals surface area contributed by atoms with E-state index in [1.807, 2.05) is 0 Å². The van der Waals surface area contributed by atoms with Crippen molar-refractivity contribution < 1.29 is 18.7 Å². The molecule has 0 unspecified atom stereocenters. The van der Waals surface area contributed by atoms with Gasteiger partial charge in [0.25, 0.3) is 5.91 Å². The Morgan fingerprint density at radius 2 is 2.04 bits per heavy atom. The van der Waals surface area contributed by atoms with E-state index in [1.54, 1.807) is 19.1 Å². The van der Waals surface area contributed by atoms with Crippen LogP contribution in [0.5, 0.6) is 0 Å². The molecule has 0 fully saturated rings. The highest BCUT2D eigenvalue weighted by atomic mass is 35.5. The van der Waals surface area contributed by atoms with Gasteiger partial charge in [0.2, 0.25) is 0 Å². The van der Waals surface area contributed by atoms with Gasteiger partial charge < -0.3 is 14.5 Å². The molecule has 0 atom stereocenters. The molecule has 0 radical (unpaired) electrons. The fourth-order valence-electron chi connectivity index (χ4n) is 1.96. The van der Waals surface area contributed by atoms with Gasteiger partial charge in [-0.1, -0.05) is 23.2 Å². The number of carbonyl (C=O) groups excluding carboxylic acids is 2. The van der Waals surface area contributed by atoms with Crippen LogP contribution in [0.2, 0.25) is 10.0 Å². The van der Waals surface area contributed by atoms with Crippen molar-refractivity contribution in [2.24, 2.45) is 0 Å². The van der Waals surface area contributed by atoms with Crippen molar-refractivity contribution in [1.82, 2.24) is 0 Å². The molecule has 0 saturated heterocycles. The summed E-state index contributed by atoms with van der Waals surface area (Å²) < 4.78 is 9.98. The zero-order valence-electron chi connectivity index (χ0n) is 13.2. The summed E-state index contributed by atoms with van der Waals surface area (Å²) in [7, 11) is 1.24. The SMILES string of the molecule is COC(=O)c1cc(/C=C(\C#N)C(=O)Nc2cc(Cl)ccc2Cl)oc1C. The second kappa shape index (κ2) is 7.88. The van der Waals surface area contributed by atoms with Crippen LogP contribution >= 0.6 is 23.2 Å². The summed E-state index contributed by atoms with van der Waals surface area (Å²) in [4.78, 5) is 23.8. The minimum atomic E-state index is -0.694. The van der Waals surface area contributed by atoms with E-state index < -0.39 is 11.9 Å². The summed E-state index contributed by atoms with van der Waals surface area (Å²) in [6, 6.07) is 7.71. The van der Waals surface area contributed by atoms with Crippen molar-refractivity contribution >= 4 is 46.8 Å². The first-order valence-corrected chi connectivity index (χ1v) is 7.68. The Morgan fingerprint density at radius 1 is 1.32 bits per heavy atom. The Hall–Kier alpha value is -2.75. The van der Waals surface area contributed by atoms with Crippen molar-refractivity contribution in [2.45, 2.75) is 6.92 Å². The van der Waals surface area contributed by atoms with E-state index in [4.69, 9.17) is 27.6 Å². The van der Waals surface area contributed by atoms with E-state index in [0.29, 0.717) is 10.8 Å². The number of esters is 1. The Labute approximate surface area is 153 Å². The second-order valence-corrected chi connectivity index (χ2v) is 5.70. The maximum absolute atomic E-state index is 12.3. The monoisotopic (exact) mass is 378 g/mol. The van der Waals surface area contributed by atoms with Gasteiger partial charge in [0, 0.05) is 11.1 Å². The summed E-state index contributed by atoms with van der Waals surface area (Å²) in [5.41, 5.74) is 0.247. The molecule has 0 aliphatic carbocycles. The van der Waals surface area contributed by atoms with Gasteiger partial charge in [0.05, 0.1) is 17.8 Å². The molecular weight excluding hydrogens is 367 g/mol. The van der Waals surface area contributed by atoms with Crippen molar-refractivity contribution in [2.75, 3.05) is 12.4 Å². The zero-order valence-corrected chi connectivity index (χ0v) is 14.7. The van der Waals surface area contributed by atoms with Crippen LogP contribution in [-0.4, -0.2) is 19.0 Å². The van der Waals surface area contributed by atoms with E-state index in [1.165, 1.54) is 31.4 Å². The molecule has 25 heavy (non-hydrogen) atoms. The molecule has 1 amide bonds. The molecule has 1 aromatic heterocycles. The second-order valence-electron chi connectivity index (χ2n) is 4.86. The minimum Gasteiger partial charge on any atom is -0.465 e. The third kappa shape index (κ3) is 4.41. The number of nitrogens with one attached hydrogen (secondary N) is 1. The van der Waals surface area contributed by atoms with Crippen LogP contribution < -0.4 is 5.32 Å². The number of rotatable bonds is 4. The predicted molar refractivity (Wildman–Crippen MR) is 93.5 cm³/mol. The standard InChI is InChI=1S/C17H12Cl2N2O4/c1-9-13(17(23)24-2)7-12(25-9)5-10(8-20)16(22)21-15-6-11(18)3-4-14(15)19/h3-7H,1-2H3,(H,21,22)/b10-5+. The highest BCUT2D eigenvalue weighted by molar-refractivity contribution is 6.36. The number of hydrogen-bond acceptors (Lipinski definition) is 5. The number of nitrogens with zero attached hydrogens (tertiary/aromatic N) is 1. The molecule has 1 heterocycles. The van der Waals surface area contributed by atoms with Crippen molar-refractivity contribution in [1.29, 1.82) is 5.26 Å². The Bertz CT molecular complexity index is 910. The van der Waals surface area contributed by atoms with Gasteiger partial charge in [0.1, 0.15) is 28.7 Å². The van der Waals surface area contributed by atoms with E-state index in [0.717, 1.165) is 0 Å². The Balaban J connectivity index is 2.28. The topological polar surface area (TPSA) is 92.3 Å². The largest absolute Gasteiger partial charge is 0.465 e. The lowest BCUT2D eigenvalue weighted by Gasteiger charge is -2.06. The molecular formula is C17H12Cl2N2O4. The third-order valence-electron chi connectivity index (χ3n) is 3.17. The van der Waals surface area contributed by atoms with Gasteiger partial charge in [0.15, 0.2) is 0 Å². The third-order valence-corrected chi connectivity index (χ3v) is 3.74. The van der Waals surface area contributed by atoms with E-state index in [9.17, 15) is 14.9 Å². The van der Waals surface area contributed by atoms with Crippen LogP contribution in [0.1, 0.15) is 21.9 Å². The number of amides is 1. The Morgan fingerprint density at radius 3 is 2.68 bits per heavy atom. The number of benzene rings is 1. The first-order valence-electron chi connectivity index (χ1n) is 6.92. The highest BCUT2D eigenvalue weighted by Crippen LogP contribution is 2.26. The summed E-state index contributed by atoms with van der Waals surface area (Å²) >= 11 is 11.8. The molecule has 0 aliphatic rings. The van der Waals surface area contributed by atoms with Crippen LogP contribution in [0, 0.1) is 18.3 Å². The van der Waals surface area contributed by atoms with Gasteiger partial charge in [-0.25, -0.2) is 4.79 Å². The first-order chi connectivity index (χ1) is 11.8. The van der Waals surface area contributed by atoms with Crippen LogP contribution in [-0.2, 0) is 9.53 Å². The molecule has 6 nitrogen and oxygen atoms in total. The summed E-state index contributed by atoms with van der Waals surface area (Å²) in [5.74, 6) is -0.787. The molecule has 1 N–H and O–H groups in total. The van der Waals surface area contributed by atoms with E-state index in [2.05, 4.69) is 10.1 Å². The molecule has 0 aliphatic heterocycles. The fraction of sp³-hybridized carbons (Fsp3) is 0.118. The predicted octanol–water partition coefficient (Wildman–Crippen LogP) is 4.23. The van der Waals surface area contributed by atoms with Crippen LogP contribution in [0.15, 0.2) is 34.3 Å². The smallest absolute Gasteiger partial charge is 0.341 e. The van der Waals surface area contributed by atoms with Gasteiger partial charge >= 0.3 is 5.97 Å². The fourth-order valence-corrected chi connectivity index (χ4v) is 2.30. The summed E-state index contributed by atoms with van der Waals surface area (Å²) in [6.45, 7) is 1.57. The molecule has 0 saturated carbocycles. The lowest BCUT2D eigenvalue weighted by atomic mass is 10.2. The molecule has 8 heteroatoms. The number of anilines is 1. The summed E-state index contributed by atoms with van der Waals surface area (Å²) in [6.07, 6.45) is 1.22. The normalized spacial score (nSPS) is 10.9. The van der Waals surface area contributed by atoms with Gasteiger partial charge in [-0.15, -0.1) is 0 Å². The quantitative estimate of drug-likeness (QED) is 0.488. The molecule has 0 spiro atoms. The van der Waals surface area contributed by atoms with E-state index >= 15 is 0 Å². The van der Waals surface area contributed by atoms with Crippen LogP contribution in [0.25, 0.3) is 6.08 Å². The minimum absolute atomic E-state index is 0.168. The lowest BCUT2D eigenvalue weighted by molar-refractivity contribution is -0.112. The molecule has 2 aromatic rings. The average Bonchev–Trinajstić information content (AvgIpc) is 2.95. The first kappa shape index (κ1) is 18.6. The molecule has 128 valence electrons. The molecule has 1 aromatic carbocycles. The zero-order chi connectivity index (χ0) is 18.6.